The summed E-state index contributed by atoms with van der Waals surface area (Å²) in [6.45, 7) is 2.21. The van der Waals surface area contributed by atoms with Crippen LogP contribution in [0.2, 0.25) is 0 Å². The number of rotatable bonds is 1. The number of nitrogens with zero attached hydrogens (tertiary/aromatic N) is 1. The van der Waals surface area contributed by atoms with Gasteiger partial charge in [-0.3, -0.25) is 0 Å². The van der Waals surface area contributed by atoms with Crippen LogP contribution in [0.4, 0.5) is 0 Å². The van der Waals surface area contributed by atoms with Gasteiger partial charge in [-0.1, -0.05) is 37.5 Å². The van der Waals surface area contributed by atoms with Gasteiger partial charge in [-0.05, 0) is 61.6 Å². The molecular formula is C22H28N+. The molecule has 2 aromatic rings. The normalized spacial score (nSPS) is 19.6. The molecule has 1 aromatic carbocycles. The van der Waals surface area contributed by atoms with E-state index in [9.17, 15) is 0 Å². The van der Waals surface area contributed by atoms with Crippen molar-refractivity contribution in [2.24, 2.45) is 12.5 Å². The topological polar surface area (TPSA) is 3.88 Å². The summed E-state index contributed by atoms with van der Waals surface area (Å²) in [5, 5.41) is 0. The summed E-state index contributed by atoms with van der Waals surface area (Å²) in [5.41, 5.74) is 7.93. The third-order valence-corrected chi connectivity index (χ3v) is 6.28. The molecule has 0 unspecified atom stereocenters. The molecule has 120 valence electrons. The summed E-state index contributed by atoms with van der Waals surface area (Å²) in [7, 11) is 2.21. The van der Waals surface area contributed by atoms with Gasteiger partial charge in [-0.2, -0.15) is 0 Å². The molecule has 1 nitrogen and oxygen atoms in total. The van der Waals surface area contributed by atoms with E-state index in [0.29, 0.717) is 5.41 Å². The summed E-state index contributed by atoms with van der Waals surface area (Å²) in [6, 6.07) is 11.2. The standard InChI is InChI=1S/C22H28N/c1-17-8-4-5-9-20(17)21-14-18-10-13-22(11-6-3-7-12-22)15-19(18)16-23(21)2/h4-5,8-9,14,16H,3,6-7,10-13,15H2,1-2H3/q+1. The fourth-order valence-electron chi connectivity index (χ4n) is 4.89. The number of hydrogen-bond donors (Lipinski definition) is 0. The van der Waals surface area contributed by atoms with Gasteiger partial charge >= 0.3 is 0 Å². The van der Waals surface area contributed by atoms with E-state index in [2.05, 4.69) is 55.1 Å². The van der Waals surface area contributed by atoms with Crippen LogP contribution >= 0.6 is 0 Å². The number of benzene rings is 1. The second-order valence-corrected chi connectivity index (χ2v) is 7.87. The first kappa shape index (κ1) is 14.9. The summed E-state index contributed by atoms with van der Waals surface area (Å²) < 4.78 is 2.35. The van der Waals surface area contributed by atoms with Crippen LogP contribution in [-0.4, -0.2) is 0 Å². The molecule has 2 aliphatic rings. The monoisotopic (exact) mass is 306 g/mol. The maximum absolute atomic E-state index is 2.47. The lowest BCUT2D eigenvalue weighted by Crippen LogP contribution is -2.37. The fraction of sp³-hybridized carbons (Fsp3) is 0.500. The lowest BCUT2D eigenvalue weighted by Gasteiger charge is -2.40. The van der Waals surface area contributed by atoms with Crippen LogP contribution in [0.5, 0.6) is 0 Å². The van der Waals surface area contributed by atoms with Crippen molar-refractivity contribution in [3.8, 4) is 11.3 Å². The van der Waals surface area contributed by atoms with Gasteiger partial charge in [0.05, 0.1) is 0 Å². The first-order valence-electron chi connectivity index (χ1n) is 9.24. The van der Waals surface area contributed by atoms with Gasteiger partial charge in [0.2, 0.25) is 5.69 Å². The lowest BCUT2D eigenvalue weighted by atomic mass is 9.64. The highest BCUT2D eigenvalue weighted by Crippen LogP contribution is 2.46. The zero-order valence-corrected chi connectivity index (χ0v) is 14.6. The largest absolute Gasteiger partial charge is 0.212 e. The van der Waals surface area contributed by atoms with Crippen molar-refractivity contribution in [2.45, 2.75) is 58.3 Å². The molecule has 0 aliphatic heterocycles. The molecule has 1 spiro atoms. The predicted molar refractivity (Wildman–Crippen MR) is 95.3 cm³/mol. The zero-order valence-electron chi connectivity index (χ0n) is 14.6. The molecule has 0 amide bonds. The van der Waals surface area contributed by atoms with E-state index in [1.165, 1.54) is 68.2 Å². The average Bonchev–Trinajstić information content (AvgIpc) is 2.56. The molecule has 4 rings (SSSR count). The molecule has 0 bridgehead atoms. The molecule has 0 N–H and O–H groups in total. The van der Waals surface area contributed by atoms with Crippen LogP contribution < -0.4 is 4.57 Å². The van der Waals surface area contributed by atoms with Gasteiger partial charge in [0.15, 0.2) is 6.20 Å². The van der Waals surface area contributed by atoms with Gasteiger partial charge < -0.3 is 0 Å². The molecule has 23 heavy (non-hydrogen) atoms. The van der Waals surface area contributed by atoms with E-state index in [4.69, 9.17) is 0 Å². The number of pyridine rings is 1. The Labute approximate surface area is 140 Å². The third kappa shape index (κ3) is 2.71. The minimum atomic E-state index is 0.627. The number of aromatic nitrogens is 1. The lowest BCUT2D eigenvalue weighted by molar-refractivity contribution is -0.661. The van der Waals surface area contributed by atoms with Crippen LogP contribution in [0.15, 0.2) is 36.5 Å². The quantitative estimate of drug-likeness (QED) is 0.658. The Kier molecular flexibility index (Phi) is 3.75. The van der Waals surface area contributed by atoms with Crippen molar-refractivity contribution in [1.82, 2.24) is 0 Å². The summed E-state index contributed by atoms with van der Waals surface area (Å²) in [6.07, 6.45) is 13.7. The summed E-state index contributed by atoms with van der Waals surface area (Å²) >= 11 is 0. The Morgan fingerprint density at radius 2 is 1.74 bits per heavy atom. The maximum atomic E-state index is 2.47. The minimum Gasteiger partial charge on any atom is -0.201 e. The Hall–Kier alpha value is -1.63. The SMILES string of the molecule is Cc1ccccc1-c1cc2c(c[n+]1C)CC1(CCCCC1)CC2. The number of hydrogen-bond acceptors (Lipinski definition) is 0. The second-order valence-electron chi connectivity index (χ2n) is 7.87. The van der Waals surface area contributed by atoms with Crippen molar-refractivity contribution < 1.29 is 4.57 Å². The minimum absolute atomic E-state index is 0.627. The molecule has 1 heterocycles. The molecule has 1 heteroatoms. The fourth-order valence-corrected chi connectivity index (χ4v) is 4.89. The van der Waals surface area contributed by atoms with Gasteiger partial charge in [-0.25, -0.2) is 4.57 Å². The van der Waals surface area contributed by atoms with Gasteiger partial charge in [0.1, 0.15) is 7.05 Å². The van der Waals surface area contributed by atoms with Crippen molar-refractivity contribution in [1.29, 1.82) is 0 Å². The molecule has 2 aliphatic carbocycles. The first-order valence-corrected chi connectivity index (χ1v) is 9.24. The molecule has 1 saturated carbocycles. The van der Waals surface area contributed by atoms with E-state index in [1.54, 1.807) is 11.1 Å². The maximum Gasteiger partial charge on any atom is 0.212 e. The van der Waals surface area contributed by atoms with Crippen LogP contribution in [0, 0.1) is 12.3 Å². The van der Waals surface area contributed by atoms with Crippen molar-refractivity contribution in [3.05, 3.63) is 53.2 Å². The Morgan fingerprint density at radius 3 is 2.52 bits per heavy atom. The smallest absolute Gasteiger partial charge is 0.201 e. The Bertz CT molecular complexity index is 723. The van der Waals surface area contributed by atoms with Crippen LogP contribution in [0.3, 0.4) is 0 Å². The highest BCUT2D eigenvalue weighted by Gasteiger charge is 2.36. The molecule has 0 saturated heterocycles. The van der Waals surface area contributed by atoms with Crippen molar-refractivity contribution in [3.63, 3.8) is 0 Å². The van der Waals surface area contributed by atoms with E-state index in [-0.39, 0.29) is 0 Å². The molecule has 0 atom stereocenters. The molecular weight excluding hydrogens is 278 g/mol. The Morgan fingerprint density at radius 1 is 0.957 bits per heavy atom. The molecule has 1 fully saturated rings. The van der Waals surface area contributed by atoms with Crippen LogP contribution in [0.25, 0.3) is 11.3 Å². The molecule has 1 aromatic heterocycles. The number of fused-ring (bicyclic) bond motifs is 1. The van der Waals surface area contributed by atoms with Crippen molar-refractivity contribution in [2.75, 3.05) is 0 Å². The van der Waals surface area contributed by atoms with E-state index >= 15 is 0 Å². The third-order valence-electron chi connectivity index (χ3n) is 6.28. The highest BCUT2D eigenvalue weighted by atomic mass is 14.9. The second kappa shape index (κ2) is 5.78. The predicted octanol–water partition coefficient (Wildman–Crippen LogP) is 4.93. The highest BCUT2D eigenvalue weighted by molar-refractivity contribution is 5.61. The van der Waals surface area contributed by atoms with E-state index < -0.39 is 0 Å². The van der Waals surface area contributed by atoms with E-state index in [1.807, 2.05) is 0 Å². The van der Waals surface area contributed by atoms with Crippen molar-refractivity contribution >= 4 is 0 Å². The Balaban J connectivity index is 1.71. The van der Waals surface area contributed by atoms with Gasteiger partial charge in [0, 0.05) is 17.2 Å². The first-order chi connectivity index (χ1) is 11.2. The van der Waals surface area contributed by atoms with Crippen LogP contribution in [0.1, 0.15) is 55.2 Å². The number of aryl methyl sites for hydroxylation is 3. The van der Waals surface area contributed by atoms with E-state index in [0.717, 1.165) is 0 Å². The zero-order chi connectivity index (χ0) is 15.9. The summed E-state index contributed by atoms with van der Waals surface area (Å²) in [5.74, 6) is 0. The van der Waals surface area contributed by atoms with Gasteiger partial charge in [0.25, 0.3) is 0 Å². The average molecular weight is 306 g/mol. The summed E-state index contributed by atoms with van der Waals surface area (Å²) in [4.78, 5) is 0. The van der Waals surface area contributed by atoms with Gasteiger partial charge in [-0.15, -0.1) is 0 Å². The molecule has 0 radical (unpaired) electrons. The van der Waals surface area contributed by atoms with Crippen LogP contribution in [-0.2, 0) is 19.9 Å².